The molecule has 4 rings (SSSR count). The van der Waals surface area contributed by atoms with Crippen LogP contribution in [0.5, 0.6) is 0 Å². The summed E-state index contributed by atoms with van der Waals surface area (Å²) in [5.74, 6) is 1.89. The van der Waals surface area contributed by atoms with Crippen LogP contribution in [0, 0.1) is 12.8 Å². The minimum absolute atomic E-state index is 0.109. The largest absolute Gasteiger partial charge is 0.347 e. The number of amides is 2. The van der Waals surface area contributed by atoms with Gasteiger partial charge in [0, 0.05) is 24.6 Å². The maximum absolute atomic E-state index is 13.2. The number of aromatic amines is 1. The van der Waals surface area contributed by atoms with Gasteiger partial charge < -0.3 is 10.2 Å². The normalized spacial score (nSPS) is 22.6. The summed E-state index contributed by atoms with van der Waals surface area (Å²) in [5.41, 5.74) is 0.629. The SMILES string of the molecule is Cc1nc([C@@H]2C[C@H](NC(=O)c3ccccc3)CN2C(=O)CC2CCCCC2)n[nH]1. The molecule has 7 heteroatoms. The summed E-state index contributed by atoms with van der Waals surface area (Å²) in [5, 5.41) is 10.3. The van der Waals surface area contributed by atoms with Crippen LogP contribution in [0.2, 0.25) is 0 Å². The average Bonchev–Trinajstić information content (AvgIpc) is 3.35. The molecule has 2 aromatic rings. The van der Waals surface area contributed by atoms with Crippen LogP contribution in [0.4, 0.5) is 0 Å². The molecule has 1 aromatic heterocycles. The molecule has 1 saturated heterocycles. The minimum Gasteiger partial charge on any atom is -0.347 e. The van der Waals surface area contributed by atoms with Gasteiger partial charge in [0.25, 0.3) is 5.91 Å². The number of likely N-dealkylation sites (tertiary alicyclic amines) is 1. The summed E-state index contributed by atoms with van der Waals surface area (Å²) in [7, 11) is 0. The highest BCUT2D eigenvalue weighted by Crippen LogP contribution is 2.33. The van der Waals surface area contributed by atoms with Crippen LogP contribution >= 0.6 is 0 Å². The van der Waals surface area contributed by atoms with E-state index in [1.54, 1.807) is 12.1 Å². The second-order valence-corrected chi connectivity index (χ2v) is 8.32. The molecule has 1 aliphatic carbocycles. The van der Waals surface area contributed by atoms with Crippen molar-refractivity contribution in [2.45, 2.75) is 64.0 Å². The van der Waals surface area contributed by atoms with Crippen LogP contribution in [0.3, 0.4) is 0 Å². The summed E-state index contributed by atoms with van der Waals surface area (Å²) in [6.45, 7) is 2.36. The summed E-state index contributed by atoms with van der Waals surface area (Å²) < 4.78 is 0. The molecule has 29 heavy (non-hydrogen) atoms. The van der Waals surface area contributed by atoms with Gasteiger partial charge in [-0.25, -0.2) is 4.98 Å². The van der Waals surface area contributed by atoms with E-state index in [1.807, 2.05) is 30.0 Å². The number of nitrogens with one attached hydrogen (secondary N) is 2. The molecule has 2 fully saturated rings. The highest BCUT2D eigenvalue weighted by atomic mass is 16.2. The predicted octanol–water partition coefficient (Wildman–Crippen LogP) is 3.16. The van der Waals surface area contributed by atoms with Crippen LogP contribution in [0.1, 0.15) is 73.0 Å². The number of nitrogens with zero attached hydrogens (tertiary/aromatic N) is 3. The minimum atomic E-state index is -0.197. The molecule has 2 amide bonds. The third-order valence-corrected chi connectivity index (χ3v) is 6.09. The van der Waals surface area contributed by atoms with Crippen molar-refractivity contribution in [3.8, 4) is 0 Å². The quantitative estimate of drug-likeness (QED) is 0.814. The Hall–Kier alpha value is -2.70. The van der Waals surface area contributed by atoms with Crippen molar-refractivity contribution < 1.29 is 9.59 Å². The van der Waals surface area contributed by atoms with Crippen LogP contribution < -0.4 is 5.32 Å². The first-order valence-electron chi connectivity index (χ1n) is 10.6. The van der Waals surface area contributed by atoms with E-state index >= 15 is 0 Å². The van der Waals surface area contributed by atoms with E-state index < -0.39 is 0 Å². The lowest BCUT2D eigenvalue weighted by Gasteiger charge is -2.27. The highest BCUT2D eigenvalue weighted by Gasteiger charge is 2.39. The maximum atomic E-state index is 13.2. The van der Waals surface area contributed by atoms with Crippen LogP contribution in [0.15, 0.2) is 30.3 Å². The van der Waals surface area contributed by atoms with Gasteiger partial charge in [0.1, 0.15) is 5.82 Å². The summed E-state index contributed by atoms with van der Waals surface area (Å²) >= 11 is 0. The number of hydrogen-bond acceptors (Lipinski definition) is 4. The first-order chi connectivity index (χ1) is 14.1. The number of H-pyrrole nitrogens is 1. The van der Waals surface area contributed by atoms with Crippen molar-refractivity contribution in [1.82, 2.24) is 25.4 Å². The fourth-order valence-electron chi connectivity index (χ4n) is 4.58. The Labute approximate surface area is 171 Å². The molecule has 2 atom stereocenters. The Morgan fingerprint density at radius 2 is 1.93 bits per heavy atom. The molecule has 0 bridgehead atoms. The topological polar surface area (TPSA) is 91.0 Å². The van der Waals surface area contributed by atoms with Crippen LogP contribution in [-0.2, 0) is 4.79 Å². The van der Waals surface area contributed by atoms with Gasteiger partial charge in [-0.05, 0) is 44.2 Å². The maximum Gasteiger partial charge on any atom is 0.251 e. The molecular weight excluding hydrogens is 366 g/mol. The third-order valence-electron chi connectivity index (χ3n) is 6.09. The van der Waals surface area contributed by atoms with Crippen molar-refractivity contribution in [1.29, 1.82) is 0 Å². The lowest BCUT2D eigenvalue weighted by molar-refractivity contribution is -0.133. The molecule has 2 aliphatic rings. The van der Waals surface area contributed by atoms with Crippen molar-refractivity contribution in [3.05, 3.63) is 47.5 Å². The number of aromatic nitrogens is 3. The van der Waals surface area contributed by atoms with Crippen molar-refractivity contribution in [2.75, 3.05) is 6.54 Å². The standard InChI is InChI=1S/C22H29N5O2/c1-15-23-21(26-25-15)19-13-18(24-22(29)17-10-6-3-7-11-17)14-27(19)20(28)12-16-8-4-2-5-9-16/h3,6-7,10-11,16,18-19H,2,4-5,8-9,12-14H2,1H3,(H,24,29)(H,23,25,26)/t18-,19-/m0/s1. The number of benzene rings is 1. The number of rotatable bonds is 5. The highest BCUT2D eigenvalue weighted by molar-refractivity contribution is 5.94. The van der Waals surface area contributed by atoms with E-state index in [2.05, 4.69) is 20.5 Å². The van der Waals surface area contributed by atoms with E-state index in [0.29, 0.717) is 36.7 Å². The van der Waals surface area contributed by atoms with Gasteiger partial charge in [-0.2, -0.15) is 5.10 Å². The summed E-state index contributed by atoms with van der Waals surface area (Å²) in [6, 6.07) is 8.88. The molecule has 154 valence electrons. The van der Waals surface area contributed by atoms with Crippen molar-refractivity contribution in [2.24, 2.45) is 5.92 Å². The average molecular weight is 396 g/mol. The molecule has 0 spiro atoms. The fraction of sp³-hybridized carbons (Fsp3) is 0.545. The molecular formula is C22H29N5O2. The molecule has 0 radical (unpaired) electrons. The zero-order chi connectivity index (χ0) is 20.2. The third kappa shape index (κ3) is 4.66. The van der Waals surface area contributed by atoms with Crippen molar-refractivity contribution >= 4 is 11.8 Å². The lowest BCUT2D eigenvalue weighted by Crippen LogP contribution is -2.39. The zero-order valence-electron chi connectivity index (χ0n) is 16.9. The van der Waals surface area contributed by atoms with Gasteiger partial charge in [-0.3, -0.25) is 14.7 Å². The fourth-order valence-corrected chi connectivity index (χ4v) is 4.58. The molecule has 1 saturated carbocycles. The Kier molecular flexibility index (Phi) is 5.92. The van der Waals surface area contributed by atoms with Crippen LogP contribution in [0.25, 0.3) is 0 Å². The monoisotopic (exact) mass is 395 g/mol. The van der Waals surface area contributed by atoms with Gasteiger partial charge in [0.15, 0.2) is 5.82 Å². The van der Waals surface area contributed by atoms with E-state index in [1.165, 1.54) is 19.3 Å². The van der Waals surface area contributed by atoms with E-state index in [-0.39, 0.29) is 23.9 Å². The lowest BCUT2D eigenvalue weighted by atomic mass is 9.86. The van der Waals surface area contributed by atoms with Gasteiger partial charge in [0.2, 0.25) is 5.91 Å². The number of carbonyl (C=O) groups is 2. The Morgan fingerprint density at radius 1 is 1.17 bits per heavy atom. The second-order valence-electron chi connectivity index (χ2n) is 8.32. The summed E-state index contributed by atoms with van der Waals surface area (Å²) in [6.07, 6.45) is 7.21. The van der Waals surface area contributed by atoms with E-state index in [4.69, 9.17) is 0 Å². The molecule has 2 N–H and O–H groups in total. The second kappa shape index (κ2) is 8.76. The Morgan fingerprint density at radius 3 is 2.62 bits per heavy atom. The Balaban J connectivity index is 1.46. The molecule has 1 aliphatic heterocycles. The van der Waals surface area contributed by atoms with Gasteiger partial charge in [-0.15, -0.1) is 0 Å². The van der Waals surface area contributed by atoms with E-state index in [0.717, 1.165) is 18.7 Å². The smallest absolute Gasteiger partial charge is 0.251 e. The molecule has 0 unspecified atom stereocenters. The van der Waals surface area contributed by atoms with Gasteiger partial charge >= 0.3 is 0 Å². The van der Waals surface area contributed by atoms with Crippen molar-refractivity contribution in [3.63, 3.8) is 0 Å². The Bertz CT molecular complexity index is 844. The summed E-state index contributed by atoms with van der Waals surface area (Å²) in [4.78, 5) is 32.1. The number of hydrogen-bond donors (Lipinski definition) is 2. The molecule has 7 nitrogen and oxygen atoms in total. The molecule has 2 heterocycles. The first kappa shape index (κ1) is 19.6. The predicted molar refractivity (Wildman–Crippen MR) is 109 cm³/mol. The molecule has 1 aromatic carbocycles. The van der Waals surface area contributed by atoms with Crippen LogP contribution in [-0.4, -0.2) is 44.5 Å². The number of carbonyl (C=O) groups excluding carboxylic acids is 2. The van der Waals surface area contributed by atoms with Gasteiger partial charge in [0.05, 0.1) is 6.04 Å². The first-order valence-corrected chi connectivity index (χ1v) is 10.6. The number of aryl methyl sites for hydroxylation is 1. The van der Waals surface area contributed by atoms with Gasteiger partial charge in [-0.1, -0.05) is 37.5 Å². The van der Waals surface area contributed by atoms with E-state index in [9.17, 15) is 9.59 Å². The zero-order valence-corrected chi connectivity index (χ0v) is 16.9.